The number of aliphatic hydroxyl groups excluding tert-OH is 1. The fourth-order valence-corrected chi connectivity index (χ4v) is 5.23. The van der Waals surface area contributed by atoms with Crippen LogP contribution in [0.1, 0.15) is 87.2 Å². The molecule has 1 atom stereocenters. The number of rotatable bonds is 4. The normalized spacial score (nSPS) is 23.6. The predicted octanol–water partition coefficient (Wildman–Crippen LogP) is 5.32. The van der Waals surface area contributed by atoms with Gasteiger partial charge in [-0.2, -0.15) is 0 Å². The van der Waals surface area contributed by atoms with E-state index in [4.69, 9.17) is 4.74 Å². The minimum absolute atomic E-state index is 0.0423. The van der Waals surface area contributed by atoms with Gasteiger partial charge in [-0.05, 0) is 78.7 Å². The molecule has 0 saturated heterocycles. The Bertz CT molecular complexity index is 935. The fourth-order valence-electron chi connectivity index (χ4n) is 4.31. The molecule has 2 aliphatic carbocycles. The summed E-state index contributed by atoms with van der Waals surface area (Å²) in [6.07, 6.45) is 7.06. The molecule has 0 aromatic carbocycles. The number of carbonyl (C=O) groups excluding carboxylic acids is 2. The highest BCUT2D eigenvalue weighted by molar-refractivity contribution is 7.15. The lowest BCUT2D eigenvalue weighted by atomic mass is 9.86. The van der Waals surface area contributed by atoms with Gasteiger partial charge in [-0.1, -0.05) is 23.5 Å². The predicted molar refractivity (Wildman–Crippen MR) is 129 cm³/mol. The van der Waals surface area contributed by atoms with Crippen LogP contribution in [-0.2, 0) is 9.53 Å². The highest BCUT2D eigenvalue weighted by Gasteiger charge is 2.36. The van der Waals surface area contributed by atoms with E-state index in [9.17, 15) is 14.7 Å². The molecule has 1 aromatic heterocycles. The summed E-state index contributed by atoms with van der Waals surface area (Å²) >= 11 is 1.29. The first kappa shape index (κ1) is 24.5. The molecule has 1 heterocycles. The first-order valence-electron chi connectivity index (χ1n) is 11.5. The summed E-state index contributed by atoms with van der Waals surface area (Å²) in [4.78, 5) is 29.5. The Labute approximate surface area is 195 Å². The van der Waals surface area contributed by atoms with E-state index < -0.39 is 5.97 Å². The average molecular weight is 458 g/mol. The van der Waals surface area contributed by atoms with Crippen molar-refractivity contribution in [2.75, 3.05) is 12.0 Å². The zero-order valence-electron chi connectivity index (χ0n) is 19.9. The molecule has 32 heavy (non-hydrogen) atoms. The standard InChI is InChI=1S/C26H35NO4S/c1-17-6-8-18(9-7-17)24(29)27(19-10-12-20(28)13-11-19)22-16-21(14-15-26(2,3)4)32-23(22)25(30)31-5/h6,16,18-20,28H,7-13H2,1-5H3/t18-,19?,20?/m1/s1. The highest BCUT2D eigenvalue weighted by Crippen LogP contribution is 2.38. The molecule has 174 valence electrons. The maximum absolute atomic E-state index is 13.8. The Morgan fingerprint density at radius 2 is 1.88 bits per heavy atom. The molecular weight excluding hydrogens is 422 g/mol. The number of amides is 1. The molecule has 0 spiro atoms. The van der Waals surface area contributed by atoms with Gasteiger partial charge in [0.15, 0.2) is 0 Å². The van der Waals surface area contributed by atoms with Gasteiger partial charge in [0, 0.05) is 17.4 Å². The second-order valence-electron chi connectivity index (χ2n) is 10.0. The lowest BCUT2D eigenvalue weighted by Crippen LogP contribution is -2.46. The molecule has 1 saturated carbocycles. The molecule has 0 radical (unpaired) electrons. The van der Waals surface area contributed by atoms with Gasteiger partial charge in [0.25, 0.3) is 0 Å². The first-order chi connectivity index (χ1) is 15.1. The SMILES string of the molecule is COC(=O)c1sc(C#CC(C)(C)C)cc1N(C(=O)[C@@H]1CC=C(C)CC1)C1CCC(O)CC1. The summed E-state index contributed by atoms with van der Waals surface area (Å²) in [6, 6.07) is 1.84. The lowest BCUT2D eigenvalue weighted by molar-refractivity contribution is -0.123. The van der Waals surface area contributed by atoms with Gasteiger partial charge in [-0.15, -0.1) is 11.3 Å². The Balaban J connectivity index is 2.04. The summed E-state index contributed by atoms with van der Waals surface area (Å²) < 4.78 is 5.07. The van der Waals surface area contributed by atoms with E-state index >= 15 is 0 Å². The van der Waals surface area contributed by atoms with Crippen molar-refractivity contribution in [3.05, 3.63) is 27.5 Å². The fraction of sp³-hybridized carbons (Fsp3) is 0.615. The van der Waals surface area contributed by atoms with E-state index in [1.54, 1.807) is 0 Å². The smallest absolute Gasteiger partial charge is 0.350 e. The maximum atomic E-state index is 13.8. The van der Waals surface area contributed by atoms with Gasteiger partial charge in [0.05, 0.1) is 23.8 Å². The van der Waals surface area contributed by atoms with E-state index in [-0.39, 0.29) is 29.4 Å². The number of allylic oxidation sites excluding steroid dienone is 2. The van der Waals surface area contributed by atoms with Crippen LogP contribution in [0.25, 0.3) is 0 Å². The second-order valence-corrected chi connectivity index (χ2v) is 11.1. The third-order valence-corrected chi connectivity index (χ3v) is 7.18. The summed E-state index contributed by atoms with van der Waals surface area (Å²) in [5.41, 5.74) is 1.77. The van der Waals surface area contributed by atoms with Crippen LogP contribution in [0, 0.1) is 23.2 Å². The van der Waals surface area contributed by atoms with Crippen LogP contribution in [0.3, 0.4) is 0 Å². The molecule has 1 fully saturated rings. The number of nitrogens with zero attached hydrogens (tertiary/aromatic N) is 1. The van der Waals surface area contributed by atoms with Crippen LogP contribution in [0.5, 0.6) is 0 Å². The number of thiophene rings is 1. The number of hydrogen-bond acceptors (Lipinski definition) is 5. The molecule has 2 aliphatic rings. The van der Waals surface area contributed by atoms with Gasteiger partial charge >= 0.3 is 5.97 Å². The second kappa shape index (κ2) is 10.2. The summed E-state index contributed by atoms with van der Waals surface area (Å²) in [5.74, 6) is 5.93. The van der Waals surface area contributed by atoms with Crippen molar-refractivity contribution in [1.82, 2.24) is 0 Å². The van der Waals surface area contributed by atoms with Crippen LogP contribution in [0.15, 0.2) is 17.7 Å². The summed E-state index contributed by atoms with van der Waals surface area (Å²) in [5, 5.41) is 10.0. The minimum atomic E-state index is -0.443. The zero-order chi connectivity index (χ0) is 23.5. The Kier molecular flexibility index (Phi) is 7.84. The number of carbonyl (C=O) groups is 2. The number of hydrogen-bond donors (Lipinski definition) is 1. The van der Waals surface area contributed by atoms with Crippen molar-refractivity contribution in [2.45, 2.75) is 84.8 Å². The van der Waals surface area contributed by atoms with E-state index in [0.29, 0.717) is 36.2 Å². The monoisotopic (exact) mass is 457 g/mol. The lowest BCUT2D eigenvalue weighted by Gasteiger charge is -2.38. The number of methoxy groups -OCH3 is 1. The molecule has 6 heteroatoms. The van der Waals surface area contributed by atoms with Crippen LogP contribution in [0.2, 0.25) is 0 Å². The van der Waals surface area contributed by atoms with Crippen molar-refractivity contribution < 1.29 is 19.4 Å². The van der Waals surface area contributed by atoms with Crippen molar-refractivity contribution in [1.29, 1.82) is 0 Å². The number of aliphatic hydroxyl groups is 1. The van der Waals surface area contributed by atoms with Crippen LogP contribution >= 0.6 is 11.3 Å². The summed E-state index contributed by atoms with van der Waals surface area (Å²) in [7, 11) is 1.37. The molecule has 0 unspecified atom stereocenters. The van der Waals surface area contributed by atoms with E-state index in [1.807, 2.05) is 31.7 Å². The third kappa shape index (κ3) is 6.02. The van der Waals surface area contributed by atoms with Crippen LogP contribution in [0.4, 0.5) is 5.69 Å². The maximum Gasteiger partial charge on any atom is 0.350 e. The van der Waals surface area contributed by atoms with Crippen molar-refractivity contribution >= 4 is 28.9 Å². The topological polar surface area (TPSA) is 66.8 Å². The van der Waals surface area contributed by atoms with Gasteiger partial charge in [-0.3, -0.25) is 4.79 Å². The molecule has 0 aliphatic heterocycles. The van der Waals surface area contributed by atoms with Crippen molar-refractivity contribution in [3.8, 4) is 11.8 Å². The number of anilines is 1. The molecule has 5 nitrogen and oxygen atoms in total. The molecule has 1 N–H and O–H groups in total. The first-order valence-corrected chi connectivity index (χ1v) is 12.3. The number of esters is 1. The van der Waals surface area contributed by atoms with Crippen LogP contribution < -0.4 is 4.90 Å². The van der Waals surface area contributed by atoms with Gasteiger partial charge < -0.3 is 14.7 Å². The van der Waals surface area contributed by atoms with Gasteiger partial charge in [0.2, 0.25) is 5.91 Å². The van der Waals surface area contributed by atoms with E-state index in [0.717, 1.165) is 24.1 Å². The Morgan fingerprint density at radius 1 is 1.19 bits per heavy atom. The van der Waals surface area contributed by atoms with E-state index in [2.05, 4.69) is 24.8 Å². The third-order valence-electron chi connectivity index (χ3n) is 6.16. The Hall–Kier alpha value is -2.10. The van der Waals surface area contributed by atoms with Crippen molar-refractivity contribution in [3.63, 3.8) is 0 Å². The quantitative estimate of drug-likeness (QED) is 0.378. The largest absolute Gasteiger partial charge is 0.465 e. The molecule has 1 amide bonds. The van der Waals surface area contributed by atoms with Gasteiger partial charge in [-0.25, -0.2) is 4.79 Å². The van der Waals surface area contributed by atoms with E-state index in [1.165, 1.54) is 24.0 Å². The minimum Gasteiger partial charge on any atom is -0.465 e. The molecule has 3 rings (SSSR count). The molecular formula is C26H35NO4S. The molecule has 0 bridgehead atoms. The Morgan fingerprint density at radius 3 is 2.44 bits per heavy atom. The zero-order valence-corrected chi connectivity index (χ0v) is 20.7. The molecule has 1 aromatic rings. The van der Waals surface area contributed by atoms with Gasteiger partial charge in [0.1, 0.15) is 4.88 Å². The average Bonchev–Trinajstić information content (AvgIpc) is 3.17. The van der Waals surface area contributed by atoms with Crippen molar-refractivity contribution in [2.24, 2.45) is 11.3 Å². The van der Waals surface area contributed by atoms with Crippen LogP contribution in [-0.4, -0.2) is 36.2 Å². The highest BCUT2D eigenvalue weighted by atomic mass is 32.1. The number of ether oxygens (including phenoxy) is 1. The summed E-state index contributed by atoms with van der Waals surface area (Å²) in [6.45, 7) is 8.22.